The van der Waals surface area contributed by atoms with Crippen molar-refractivity contribution in [2.24, 2.45) is 0 Å². The fourth-order valence-corrected chi connectivity index (χ4v) is 9.07. The lowest BCUT2D eigenvalue weighted by molar-refractivity contribution is -0.167. The summed E-state index contributed by atoms with van der Waals surface area (Å²) in [5, 5.41) is 0. The number of carbonyl (C=O) groups excluding carboxylic acids is 3. The van der Waals surface area contributed by atoms with Gasteiger partial charge in [0.05, 0.1) is 0 Å². The number of ether oxygens (including phenoxy) is 3. The molecule has 6 nitrogen and oxygen atoms in total. The Labute approximate surface area is 500 Å². The molecule has 0 fully saturated rings. The summed E-state index contributed by atoms with van der Waals surface area (Å²) in [6.07, 6.45) is 96.1. The number of carbonyl (C=O) groups is 3. The maximum atomic E-state index is 12.9. The van der Waals surface area contributed by atoms with Crippen molar-refractivity contribution < 1.29 is 28.6 Å². The predicted molar refractivity (Wildman–Crippen MR) is 353 cm³/mol. The normalized spacial score (nSPS) is 13.0. The summed E-state index contributed by atoms with van der Waals surface area (Å²) in [5.41, 5.74) is 0. The van der Waals surface area contributed by atoms with E-state index in [9.17, 15) is 14.4 Å². The fraction of sp³-hybridized carbons (Fsp3) is 0.667. The van der Waals surface area contributed by atoms with Gasteiger partial charge < -0.3 is 14.2 Å². The first-order chi connectivity index (χ1) is 40.0. The van der Waals surface area contributed by atoms with E-state index in [1.54, 1.807) is 0 Å². The van der Waals surface area contributed by atoms with Crippen LogP contribution in [0, 0.1) is 0 Å². The Morgan fingerprint density at radius 1 is 0.259 bits per heavy atom. The molecule has 0 spiro atoms. The van der Waals surface area contributed by atoms with Crippen LogP contribution in [0.2, 0.25) is 0 Å². The molecule has 0 aromatic rings. The van der Waals surface area contributed by atoms with Gasteiger partial charge in [0.15, 0.2) is 6.10 Å². The number of hydrogen-bond donors (Lipinski definition) is 0. The lowest BCUT2D eigenvalue weighted by Crippen LogP contribution is -2.30. The first-order valence-electron chi connectivity index (χ1n) is 33.7. The summed E-state index contributed by atoms with van der Waals surface area (Å²) in [7, 11) is 0. The summed E-state index contributed by atoms with van der Waals surface area (Å²) in [6, 6.07) is 0. The van der Waals surface area contributed by atoms with Gasteiger partial charge in [-0.3, -0.25) is 14.4 Å². The third kappa shape index (κ3) is 66.2. The molecule has 0 aliphatic heterocycles. The molecule has 0 N–H and O–H groups in total. The van der Waals surface area contributed by atoms with Gasteiger partial charge in [0, 0.05) is 19.3 Å². The number of hydrogen-bond acceptors (Lipinski definition) is 6. The predicted octanol–water partition coefficient (Wildman–Crippen LogP) is 23.3. The van der Waals surface area contributed by atoms with Gasteiger partial charge in [0.25, 0.3) is 0 Å². The van der Waals surface area contributed by atoms with E-state index >= 15 is 0 Å². The molecule has 460 valence electrons. The van der Waals surface area contributed by atoms with Crippen LogP contribution in [0.1, 0.15) is 303 Å². The van der Waals surface area contributed by atoms with Crippen molar-refractivity contribution in [2.75, 3.05) is 13.2 Å². The molecule has 0 aromatic carbocycles. The average molecular weight is 1120 g/mol. The Hall–Kier alpha value is -4.45. The van der Waals surface area contributed by atoms with E-state index in [0.29, 0.717) is 19.3 Å². The highest BCUT2D eigenvalue weighted by molar-refractivity contribution is 5.71. The third-order valence-corrected chi connectivity index (χ3v) is 14.1. The van der Waals surface area contributed by atoms with Gasteiger partial charge in [-0.05, 0) is 141 Å². The minimum atomic E-state index is -0.794. The van der Waals surface area contributed by atoms with E-state index in [2.05, 4.69) is 154 Å². The molecule has 0 rings (SSSR count). The van der Waals surface area contributed by atoms with Gasteiger partial charge in [0.2, 0.25) is 0 Å². The van der Waals surface area contributed by atoms with Crippen LogP contribution in [-0.2, 0) is 28.6 Å². The smallest absolute Gasteiger partial charge is 0.306 e. The topological polar surface area (TPSA) is 78.9 Å². The van der Waals surface area contributed by atoms with Gasteiger partial charge in [-0.2, -0.15) is 0 Å². The zero-order valence-corrected chi connectivity index (χ0v) is 52.8. The molecule has 0 radical (unpaired) electrons. The van der Waals surface area contributed by atoms with Crippen LogP contribution in [0.3, 0.4) is 0 Å². The lowest BCUT2D eigenvalue weighted by atomic mass is 10.1. The minimum absolute atomic E-state index is 0.0903. The van der Waals surface area contributed by atoms with Crippen LogP contribution in [0.5, 0.6) is 0 Å². The molecule has 0 heterocycles. The Balaban J connectivity index is 4.27. The van der Waals surface area contributed by atoms with E-state index < -0.39 is 6.10 Å². The lowest BCUT2D eigenvalue weighted by Gasteiger charge is -2.18. The SMILES string of the molecule is CC/C=C\C/C=C\C/C=C\C/C=C\C/C=C\C/C=C\C/C=C\C/C=C\C/C=C\CCCCCCCCCC(=O)OCC(COC(=O)CCCCCCC/C=C\CCCCCC)OC(=O)CCCCCCC/C=C\CCCCCCCC. The Bertz CT molecular complexity index is 1720. The van der Waals surface area contributed by atoms with Gasteiger partial charge in [0.1, 0.15) is 13.2 Å². The van der Waals surface area contributed by atoms with E-state index in [4.69, 9.17) is 14.2 Å². The minimum Gasteiger partial charge on any atom is -0.462 e. The largest absolute Gasteiger partial charge is 0.462 e. The van der Waals surface area contributed by atoms with Crippen molar-refractivity contribution in [1.29, 1.82) is 0 Å². The molecule has 1 unspecified atom stereocenters. The molecule has 0 aliphatic rings. The van der Waals surface area contributed by atoms with Crippen molar-refractivity contribution >= 4 is 17.9 Å². The van der Waals surface area contributed by atoms with Gasteiger partial charge >= 0.3 is 17.9 Å². The van der Waals surface area contributed by atoms with Crippen LogP contribution < -0.4 is 0 Å². The summed E-state index contributed by atoms with van der Waals surface area (Å²) in [4.78, 5) is 38.3. The Morgan fingerprint density at radius 2 is 0.481 bits per heavy atom. The highest BCUT2D eigenvalue weighted by Crippen LogP contribution is 2.15. The second kappa shape index (κ2) is 68.1. The summed E-state index contributed by atoms with van der Waals surface area (Å²) in [6.45, 7) is 6.49. The fourth-order valence-electron chi connectivity index (χ4n) is 9.07. The van der Waals surface area contributed by atoms with Gasteiger partial charge in [-0.25, -0.2) is 0 Å². The molecule has 1 atom stereocenters. The molecule has 0 saturated heterocycles. The molecule has 0 saturated carbocycles. The van der Waals surface area contributed by atoms with E-state index in [1.165, 1.54) is 122 Å². The van der Waals surface area contributed by atoms with Crippen LogP contribution in [0.4, 0.5) is 0 Å². The molecule has 0 aromatic heterocycles. The van der Waals surface area contributed by atoms with Crippen molar-refractivity contribution in [3.63, 3.8) is 0 Å². The first kappa shape index (κ1) is 76.5. The molecule has 0 amide bonds. The van der Waals surface area contributed by atoms with Crippen LogP contribution in [0.25, 0.3) is 0 Å². The van der Waals surface area contributed by atoms with E-state index in [0.717, 1.165) is 141 Å². The number of unbranched alkanes of at least 4 members (excludes halogenated alkanes) is 27. The molecule has 0 aliphatic carbocycles. The van der Waals surface area contributed by atoms with Crippen molar-refractivity contribution in [1.82, 2.24) is 0 Å². The second-order valence-corrected chi connectivity index (χ2v) is 22.0. The maximum Gasteiger partial charge on any atom is 0.306 e. The standard InChI is InChI=1S/C75H124O6/c1-4-7-10-13-16-19-22-25-27-28-29-30-31-32-33-34-35-36-37-38-39-40-41-42-43-44-45-46-48-50-53-56-59-62-65-68-74(77)80-71-72(70-79-73(76)67-64-61-58-55-52-49-24-21-18-15-12-9-6-3)81-75(78)69-66-63-60-57-54-51-47-26-23-20-17-14-11-8-5-2/h7,10,16,19,21,24-27,29-30,32-33,35-36,38-39,41-42,44-45,47,72H,4-6,8-9,11-15,17-18,20,22-23,28,31,34,37,40,43,46,48-71H2,1-3H3/b10-7-,19-16-,24-21-,27-25-,30-29-,33-32-,36-35-,39-38-,42-41-,45-44-,47-26-. The molecule has 0 bridgehead atoms. The van der Waals surface area contributed by atoms with E-state index in [-0.39, 0.29) is 31.1 Å². The van der Waals surface area contributed by atoms with Gasteiger partial charge in [-0.15, -0.1) is 0 Å². The number of esters is 3. The Kier molecular flexibility index (Phi) is 64.3. The van der Waals surface area contributed by atoms with Gasteiger partial charge in [-0.1, -0.05) is 276 Å². The molecular formula is C75H124O6. The quantitative estimate of drug-likeness (QED) is 0.0261. The van der Waals surface area contributed by atoms with Crippen LogP contribution in [-0.4, -0.2) is 37.2 Å². The number of rotatable bonds is 60. The molecular weight excluding hydrogens is 997 g/mol. The number of allylic oxidation sites excluding steroid dienone is 22. The summed E-state index contributed by atoms with van der Waals surface area (Å²) in [5.74, 6) is -0.914. The highest BCUT2D eigenvalue weighted by atomic mass is 16.6. The van der Waals surface area contributed by atoms with E-state index in [1.807, 2.05) is 0 Å². The second-order valence-electron chi connectivity index (χ2n) is 22.0. The average Bonchev–Trinajstić information content (AvgIpc) is 3.46. The maximum absolute atomic E-state index is 12.9. The monoisotopic (exact) mass is 1120 g/mol. The van der Waals surface area contributed by atoms with Crippen LogP contribution >= 0.6 is 0 Å². The first-order valence-corrected chi connectivity index (χ1v) is 33.7. The van der Waals surface area contributed by atoms with Crippen molar-refractivity contribution in [3.05, 3.63) is 134 Å². The summed E-state index contributed by atoms with van der Waals surface area (Å²) >= 11 is 0. The zero-order valence-electron chi connectivity index (χ0n) is 52.8. The van der Waals surface area contributed by atoms with Crippen molar-refractivity contribution in [3.8, 4) is 0 Å². The van der Waals surface area contributed by atoms with Crippen molar-refractivity contribution in [2.45, 2.75) is 309 Å². The van der Waals surface area contributed by atoms with Crippen LogP contribution in [0.15, 0.2) is 134 Å². The zero-order chi connectivity index (χ0) is 58.5. The third-order valence-electron chi connectivity index (χ3n) is 14.1. The highest BCUT2D eigenvalue weighted by Gasteiger charge is 2.19. The molecule has 6 heteroatoms. The Morgan fingerprint density at radius 3 is 0.778 bits per heavy atom. The molecule has 81 heavy (non-hydrogen) atoms. The summed E-state index contributed by atoms with van der Waals surface area (Å²) < 4.78 is 16.9.